The number of non-ortho nitro benzene ring substituents is 2. The van der Waals surface area contributed by atoms with E-state index in [1.807, 2.05) is 4.90 Å². The van der Waals surface area contributed by atoms with Gasteiger partial charge in [0.05, 0.1) is 9.85 Å². The molecule has 0 bridgehead atoms. The molecule has 0 aromatic heterocycles. The van der Waals surface area contributed by atoms with Crippen LogP contribution in [0.2, 0.25) is 0 Å². The molecular weight excluding hydrogens is 450 g/mol. The van der Waals surface area contributed by atoms with Gasteiger partial charge < -0.3 is 19.9 Å². The first-order valence-corrected chi connectivity index (χ1v) is 10.2. The topological polar surface area (TPSA) is 165 Å². The molecule has 0 radical (unpaired) electrons. The predicted octanol–water partition coefficient (Wildman–Crippen LogP) is 1.12. The molecule has 1 fully saturated rings. The summed E-state index contributed by atoms with van der Waals surface area (Å²) in [5.41, 5.74) is 0.572. The molecule has 0 saturated carbocycles. The lowest BCUT2D eigenvalue weighted by atomic mass is 10.2. The summed E-state index contributed by atoms with van der Waals surface area (Å²) in [5.74, 6) is -1.90. The van der Waals surface area contributed by atoms with Crippen LogP contribution < -0.4 is 10.2 Å². The summed E-state index contributed by atoms with van der Waals surface area (Å²) in [4.78, 5) is 60.2. The number of rotatable bonds is 8. The second-order valence-corrected chi connectivity index (χ2v) is 7.29. The fraction of sp³-hybridized carbons (Fsp3) is 0.286. The Bertz CT molecular complexity index is 1100. The van der Waals surface area contributed by atoms with Crippen LogP contribution in [0.4, 0.5) is 17.1 Å². The van der Waals surface area contributed by atoms with Gasteiger partial charge in [-0.25, -0.2) is 0 Å². The maximum Gasteiger partial charge on any atom is 0.325 e. The highest BCUT2D eigenvalue weighted by Gasteiger charge is 2.23. The van der Waals surface area contributed by atoms with Crippen molar-refractivity contribution in [1.29, 1.82) is 0 Å². The molecule has 0 spiro atoms. The lowest BCUT2D eigenvalue weighted by molar-refractivity contribution is -0.385. The van der Waals surface area contributed by atoms with Gasteiger partial charge in [-0.05, 0) is 18.2 Å². The molecule has 1 aliphatic heterocycles. The zero-order valence-corrected chi connectivity index (χ0v) is 17.9. The first-order valence-electron chi connectivity index (χ1n) is 10.2. The van der Waals surface area contributed by atoms with Gasteiger partial charge in [0, 0.05) is 61.7 Å². The lowest BCUT2D eigenvalue weighted by Crippen LogP contribution is -2.50. The predicted molar refractivity (Wildman–Crippen MR) is 118 cm³/mol. The Hall–Kier alpha value is -4.55. The Morgan fingerprint density at radius 2 is 1.56 bits per heavy atom. The minimum Gasteiger partial charge on any atom is -0.454 e. The van der Waals surface area contributed by atoms with E-state index in [1.54, 1.807) is 12.1 Å². The Kier molecular flexibility index (Phi) is 7.69. The molecule has 1 heterocycles. The van der Waals surface area contributed by atoms with Gasteiger partial charge in [0.2, 0.25) is 0 Å². The van der Waals surface area contributed by atoms with Gasteiger partial charge in [-0.3, -0.25) is 34.6 Å². The number of ether oxygens (including phenoxy) is 1. The number of carbonyl (C=O) groups excluding carboxylic acids is 3. The molecule has 1 N–H and O–H groups in total. The molecule has 0 atom stereocenters. The van der Waals surface area contributed by atoms with Crippen molar-refractivity contribution >= 4 is 34.8 Å². The number of hydrogen-bond donors (Lipinski definition) is 1. The highest BCUT2D eigenvalue weighted by Crippen LogP contribution is 2.20. The first-order chi connectivity index (χ1) is 16.2. The van der Waals surface area contributed by atoms with Gasteiger partial charge in [0.15, 0.2) is 6.61 Å². The molecule has 13 nitrogen and oxygen atoms in total. The van der Waals surface area contributed by atoms with E-state index in [0.717, 1.165) is 11.8 Å². The molecule has 2 aromatic carbocycles. The van der Waals surface area contributed by atoms with Crippen LogP contribution in [0, 0.1) is 20.2 Å². The molecule has 34 heavy (non-hydrogen) atoms. The summed E-state index contributed by atoms with van der Waals surface area (Å²) >= 11 is 0. The van der Waals surface area contributed by atoms with Crippen molar-refractivity contribution in [3.63, 3.8) is 0 Å². The summed E-state index contributed by atoms with van der Waals surface area (Å²) in [7, 11) is 0. The Labute approximate surface area is 193 Å². The van der Waals surface area contributed by atoms with Crippen molar-refractivity contribution in [2.24, 2.45) is 0 Å². The van der Waals surface area contributed by atoms with E-state index in [1.165, 1.54) is 35.2 Å². The maximum absolute atomic E-state index is 12.3. The van der Waals surface area contributed by atoms with Crippen molar-refractivity contribution in [3.05, 3.63) is 74.3 Å². The van der Waals surface area contributed by atoms with Crippen LogP contribution in [0.1, 0.15) is 10.4 Å². The average Bonchev–Trinajstić information content (AvgIpc) is 2.86. The molecule has 178 valence electrons. The molecular formula is C21H21N5O8. The Balaban J connectivity index is 1.39. The summed E-state index contributed by atoms with van der Waals surface area (Å²) in [6.45, 7) is 0.813. The van der Waals surface area contributed by atoms with Crippen molar-refractivity contribution in [3.8, 4) is 0 Å². The number of amides is 2. The van der Waals surface area contributed by atoms with Crippen LogP contribution in [0.3, 0.4) is 0 Å². The number of nitrogens with one attached hydrogen (secondary N) is 1. The van der Waals surface area contributed by atoms with Crippen LogP contribution in [0.25, 0.3) is 0 Å². The number of hydrogen-bond acceptors (Lipinski definition) is 9. The average molecular weight is 471 g/mol. The number of anilines is 1. The minimum absolute atomic E-state index is 0.000604. The molecule has 1 saturated heterocycles. The molecule has 13 heteroatoms. The number of nitro groups is 2. The third kappa shape index (κ3) is 6.25. The van der Waals surface area contributed by atoms with Crippen molar-refractivity contribution in [2.45, 2.75) is 0 Å². The number of carbonyl (C=O) groups is 3. The fourth-order valence-electron chi connectivity index (χ4n) is 3.30. The number of nitro benzene ring substituents is 2. The SMILES string of the molecule is O=C(CNC(=O)c1cccc([N+](=O)[O-])c1)OCC(=O)N1CCN(c2ccc([N+](=O)[O-])cc2)CC1. The quantitative estimate of drug-likeness (QED) is 0.337. The van der Waals surface area contributed by atoms with Crippen molar-refractivity contribution < 1.29 is 29.0 Å². The molecule has 0 aliphatic carbocycles. The van der Waals surface area contributed by atoms with Gasteiger partial charge in [0.25, 0.3) is 23.2 Å². The number of benzene rings is 2. The normalized spacial score (nSPS) is 13.2. The summed E-state index contributed by atoms with van der Waals surface area (Å²) in [5, 5.41) is 23.8. The number of nitrogens with zero attached hydrogens (tertiary/aromatic N) is 4. The second kappa shape index (κ2) is 10.8. The van der Waals surface area contributed by atoms with Crippen LogP contribution >= 0.6 is 0 Å². The van der Waals surface area contributed by atoms with Crippen LogP contribution in [-0.2, 0) is 14.3 Å². The third-order valence-electron chi connectivity index (χ3n) is 5.13. The van der Waals surface area contributed by atoms with Crippen LogP contribution in [0.5, 0.6) is 0 Å². The van der Waals surface area contributed by atoms with E-state index in [-0.39, 0.29) is 22.8 Å². The second-order valence-electron chi connectivity index (χ2n) is 7.29. The van der Waals surface area contributed by atoms with Crippen molar-refractivity contribution in [2.75, 3.05) is 44.2 Å². The largest absolute Gasteiger partial charge is 0.454 e. The first kappa shape index (κ1) is 24.1. The summed E-state index contributed by atoms with van der Waals surface area (Å²) in [6.07, 6.45) is 0. The number of piperazine rings is 1. The van der Waals surface area contributed by atoms with E-state index in [2.05, 4.69) is 5.32 Å². The zero-order valence-electron chi connectivity index (χ0n) is 17.9. The van der Waals surface area contributed by atoms with Crippen molar-refractivity contribution in [1.82, 2.24) is 10.2 Å². The summed E-state index contributed by atoms with van der Waals surface area (Å²) < 4.78 is 4.92. The van der Waals surface area contributed by atoms with E-state index >= 15 is 0 Å². The lowest BCUT2D eigenvalue weighted by Gasteiger charge is -2.36. The van der Waals surface area contributed by atoms with E-state index in [9.17, 15) is 34.6 Å². The minimum atomic E-state index is -0.823. The Morgan fingerprint density at radius 1 is 0.912 bits per heavy atom. The van der Waals surface area contributed by atoms with Gasteiger partial charge in [-0.1, -0.05) is 6.07 Å². The highest BCUT2D eigenvalue weighted by atomic mass is 16.6. The molecule has 0 unspecified atom stereocenters. The van der Waals surface area contributed by atoms with Gasteiger partial charge in [-0.2, -0.15) is 0 Å². The highest BCUT2D eigenvalue weighted by molar-refractivity contribution is 5.96. The monoisotopic (exact) mass is 471 g/mol. The van der Waals surface area contributed by atoms with E-state index in [4.69, 9.17) is 4.74 Å². The van der Waals surface area contributed by atoms with Gasteiger partial charge in [-0.15, -0.1) is 0 Å². The molecule has 2 amide bonds. The van der Waals surface area contributed by atoms with Crippen LogP contribution in [0.15, 0.2) is 48.5 Å². The van der Waals surface area contributed by atoms with Gasteiger partial charge in [0.1, 0.15) is 6.54 Å². The fourth-order valence-corrected chi connectivity index (χ4v) is 3.30. The number of esters is 1. The smallest absolute Gasteiger partial charge is 0.325 e. The molecule has 2 aromatic rings. The molecule has 3 rings (SSSR count). The van der Waals surface area contributed by atoms with E-state index < -0.39 is 34.9 Å². The maximum atomic E-state index is 12.3. The van der Waals surface area contributed by atoms with E-state index in [0.29, 0.717) is 26.2 Å². The summed E-state index contributed by atoms with van der Waals surface area (Å²) in [6, 6.07) is 11.2. The Morgan fingerprint density at radius 3 is 2.18 bits per heavy atom. The van der Waals surface area contributed by atoms with Crippen LogP contribution in [-0.4, -0.2) is 71.9 Å². The van der Waals surface area contributed by atoms with Gasteiger partial charge >= 0.3 is 5.97 Å². The third-order valence-corrected chi connectivity index (χ3v) is 5.13. The standard InChI is InChI=1S/C21H21N5O8/c27-19(24-10-8-23(9-11-24)16-4-6-17(7-5-16)25(30)31)14-34-20(28)13-22-21(29)15-2-1-3-18(12-15)26(32)33/h1-7,12H,8-11,13-14H2,(H,22,29). The molecule has 1 aliphatic rings. The zero-order chi connectivity index (χ0) is 24.7.